The van der Waals surface area contributed by atoms with Gasteiger partial charge in [-0.15, -0.1) is 0 Å². The summed E-state index contributed by atoms with van der Waals surface area (Å²) in [7, 11) is 1.51. The van der Waals surface area contributed by atoms with Crippen LogP contribution in [0.25, 0.3) is 0 Å². The van der Waals surface area contributed by atoms with Gasteiger partial charge in [-0.2, -0.15) is 0 Å². The average molecular weight is 590 g/mol. The molecule has 1 heterocycles. The molecule has 0 spiro atoms. The number of aliphatic hydroxyl groups is 3. The van der Waals surface area contributed by atoms with Gasteiger partial charge in [0.1, 0.15) is 23.2 Å². The minimum absolute atomic E-state index is 0.0214. The topological polar surface area (TPSA) is 146 Å². The van der Waals surface area contributed by atoms with Crippen LogP contribution in [0.15, 0.2) is 36.4 Å². The van der Waals surface area contributed by atoms with Crippen molar-refractivity contribution >= 4 is 11.9 Å². The third-order valence-corrected chi connectivity index (χ3v) is 8.35. The smallest absolute Gasteiger partial charge is 0.342 e. The van der Waals surface area contributed by atoms with Gasteiger partial charge in [-0.05, 0) is 49.1 Å². The Bertz CT molecular complexity index is 1070. The largest absolute Gasteiger partial charge is 0.507 e. The second-order valence-corrected chi connectivity index (χ2v) is 11.7. The van der Waals surface area contributed by atoms with Crippen LogP contribution in [0.2, 0.25) is 0 Å². The molecule has 0 bridgehead atoms. The van der Waals surface area contributed by atoms with Crippen LogP contribution in [-0.2, 0) is 16.0 Å². The van der Waals surface area contributed by atoms with Crippen molar-refractivity contribution in [3.05, 3.63) is 47.6 Å². The SMILES string of the molecule is CCC[C@H](O)[C@@H](C)C(=O)NC/C=C\C[C@@H](C)[C@@H](O)[C@H](C)[C@@H](O)C/C=C\C[C@H](C)[C@H]1Cc2cc(OC)cc(O)c2C(=O)O1. The summed E-state index contributed by atoms with van der Waals surface area (Å²) in [5, 5.41) is 44.4. The van der Waals surface area contributed by atoms with Gasteiger partial charge in [-0.25, -0.2) is 4.79 Å². The predicted octanol–water partition coefficient (Wildman–Crippen LogP) is 4.31. The summed E-state index contributed by atoms with van der Waals surface area (Å²) in [6, 6.07) is 3.16. The van der Waals surface area contributed by atoms with Gasteiger partial charge in [-0.1, -0.05) is 65.3 Å². The number of hydrogen-bond acceptors (Lipinski definition) is 8. The summed E-state index contributed by atoms with van der Waals surface area (Å²) in [5.74, 6) is -1.24. The fourth-order valence-corrected chi connectivity index (χ4v) is 5.18. The highest BCUT2D eigenvalue weighted by atomic mass is 16.5. The molecule has 0 radical (unpaired) electrons. The maximum Gasteiger partial charge on any atom is 0.342 e. The molecule has 2 rings (SSSR count). The van der Waals surface area contributed by atoms with E-state index in [9.17, 15) is 30.0 Å². The number of aliphatic hydroxyl groups excluding tert-OH is 3. The average Bonchev–Trinajstić information content (AvgIpc) is 2.96. The molecule has 9 heteroatoms. The zero-order valence-corrected chi connectivity index (χ0v) is 26.0. The van der Waals surface area contributed by atoms with E-state index in [0.717, 1.165) is 6.42 Å². The zero-order chi connectivity index (χ0) is 31.4. The quantitative estimate of drug-likeness (QED) is 0.134. The number of fused-ring (bicyclic) bond motifs is 1. The number of amides is 1. The Kier molecular flexibility index (Phi) is 14.5. The molecule has 5 N–H and O–H groups in total. The molecular weight excluding hydrogens is 538 g/mol. The van der Waals surface area contributed by atoms with E-state index in [0.29, 0.717) is 50.0 Å². The third-order valence-electron chi connectivity index (χ3n) is 8.35. The molecule has 0 aromatic heterocycles. The second-order valence-electron chi connectivity index (χ2n) is 11.7. The normalized spacial score (nSPS) is 20.3. The molecule has 0 saturated heterocycles. The minimum atomic E-state index is -0.719. The van der Waals surface area contributed by atoms with E-state index < -0.39 is 30.2 Å². The Labute approximate surface area is 250 Å². The number of hydrogen-bond donors (Lipinski definition) is 5. The molecule has 1 amide bonds. The number of rotatable bonds is 17. The molecule has 0 aliphatic carbocycles. The van der Waals surface area contributed by atoms with Crippen molar-refractivity contribution in [1.29, 1.82) is 0 Å². The van der Waals surface area contributed by atoms with E-state index in [4.69, 9.17) is 9.47 Å². The van der Waals surface area contributed by atoms with Crippen molar-refractivity contribution in [1.82, 2.24) is 5.32 Å². The van der Waals surface area contributed by atoms with E-state index in [1.54, 1.807) is 13.0 Å². The van der Waals surface area contributed by atoms with Crippen LogP contribution in [0.1, 0.15) is 82.6 Å². The van der Waals surface area contributed by atoms with E-state index >= 15 is 0 Å². The van der Waals surface area contributed by atoms with Crippen molar-refractivity contribution < 1.29 is 39.5 Å². The van der Waals surface area contributed by atoms with Crippen molar-refractivity contribution in [2.45, 2.75) is 97.6 Å². The lowest BCUT2D eigenvalue weighted by molar-refractivity contribution is -0.127. The summed E-state index contributed by atoms with van der Waals surface area (Å²) in [6.07, 6.45) is 8.72. The van der Waals surface area contributed by atoms with Crippen molar-refractivity contribution in [2.24, 2.45) is 23.7 Å². The van der Waals surface area contributed by atoms with E-state index in [2.05, 4.69) is 5.32 Å². The van der Waals surface area contributed by atoms with Crippen LogP contribution in [-0.4, -0.2) is 70.4 Å². The summed E-state index contributed by atoms with van der Waals surface area (Å²) >= 11 is 0. The zero-order valence-electron chi connectivity index (χ0n) is 26.0. The van der Waals surface area contributed by atoms with Gasteiger partial charge in [-0.3, -0.25) is 4.79 Å². The van der Waals surface area contributed by atoms with Gasteiger partial charge >= 0.3 is 5.97 Å². The molecular formula is C33H51NO8. The van der Waals surface area contributed by atoms with Crippen molar-refractivity contribution in [3.8, 4) is 11.5 Å². The second kappa shape index (κ2) is 17.3. The third kappa shape index (κ3) is 10.1. The predicted molar refractivity (Wildman–Crippen MR) is 162 cm³/mol. The van der Waals surface area contributed by atoms with Gasteiger partial charge in [0.15, 0.2) is 0 Å². The lowest BCUT2D eigenvalue weighted by atomic mass is 9.86. The molecule has 0 saturated carbocycles. The number of carbonyl (C=O) groups is 2. The molecule has 1 aliphatic rings. The van der Waals surface area contributed by atoms with E-state index in [1.807, 2.05) is 52.0 Å². The number of phenols is 1. The highest BCUT2D eigenvalue weighted by Gasteiger charge is 2.32. The molecule has 8 atom stereocenters. The highest BCUT2D eigenvalue weighted by molar-refractivity contribution is 5.95. The minimum Gasteiger partial charge on any atom is -0.507 e. The number of allylic oxidation sites excluding steroid dienone is 2. The highest BCUT2D eigenvalue weighted by Crippen LogP contribution is 2.35. The maximum atomic E-state index is 12.5. The van der Waals surface area contributed by atoms with Crippen LogP contribution in [0, 0.1) is 23.7 Å². The molecule has 1 aromatic rings. The molecule has 0 fully saturated rings. The lowest BCUT2D eigenvalue weighted by Crippen LogP contribution is -2.36. The Morgan fingerprint density at radius 1 is 1.05 bits per heavy atom. The summed E-state index contributed by atoms with van der Waals surface area (Å²) in [6.45, 7) is 9.80. The fourth-order valence-electron chi connectivity index (χ4n) is 5.18. The number of benzene rings is 1. The molecule has 0 unspecified atom stereocenters. The monoisotopic (exact) mass is 589 g/mol. The molecule has 1 aliphatic heterocycles. The van der Waals surface area contributed by atoms with Crippen LogP contribution >= 0.6 is 0 Å². The van der Waals surface area contributed by atoms with E-state index in [-0.39, 0.29) is 41.1 Å². The molecule has 1 aromatic carbocycles. The Morgan fingerprint density at radius 2 is 1.71 bits per heavy atom. The molecule has 236 valence electrons. The maximum absolute atomic E-state index is 12.5. The standard InChI is InChI=1S/C33H51NO8/c1-7-12-26(35)23(5)32(39)34-16-11-10-14-21(3)31(38)22(4)27(36)15-9-8-13-20(2)29-18-24-17-25(41-6)19-28(37)30(24)33(40)42-29/h8-11,17,19-23,26-27,29,31,35-38H,7,12-16,18H2,1-6H3,(H,34,39)/b9-8-,11-10-/t20-,21+,22+,23+,26-,27-,29+,31+/m0/s1. The first kappa shape index (κ1) is 35.3. The molecule has 9 nitrogen and oxygen atoms in total. The number of phenolic OH excluding ortho intramolecular Hbond substituents is 1. The van der Waals surface area contributed by atoms with Crippen LogP contribution in [0.4, 0.5) is 0 Å². The van der Waals surface area contributed by atoms with Crippen LogP contribution in [0.3, 0.4) is 0 Å². The number of methoxy groups -OCH3 is 1. The summed E-state index contributed by atoms with van der Waals surface area (Å²) in [5.41, 5.74) is 0.892. The number of cyclic esters (lactones) is 1. The lowest BCUT2D eigenvalue weighted by Gasteiger charge is -2.29. The Morgan fingerprint density at radius 3 is 2.38 bits per heavy atom. The number of aromatic hydroxyl groups is 1. The Balaban J connectivity index is 1.76. The van der Waals surface area contributed by atoms with Gasteiger partial charge in [0.05, 0.1) is 31.3 Å². The van der Waals surface area contributed by atoms with Gasteiger partial charge in [0.2, 0.25) is 5.91 Å². The fraction of sp³-hybridized carbons (Fsp3) is 0.636. The van der Waals surface area contributed by atoms with Crippen molar-refractivity contribution in [2.75, 3.05) is 13.7 Å². The first-order valence-electron chi connectivity index (χ1n) is 15.1. The van der Waals surface area contributed by atoms with Gasteiger partial charge in [0.25, 0.3) is 0 Å². The summed E-state index contributed by atoms with van der Waals surface area (Å²) < 4.78 is 10.8. The number of esters is 1. The molecule has 42 heavy (non-hydrogen) atoms. The van der Waals surface area contributed by atoms with Crippen LogP contribution in [0.5, 0.6) is 11.5 Å². The van der Waals surface area contributed by atoms with Gasteiger partial charge < -0.3 is 35.2 Å². The van der Waals surface area contributed by atoms with E-state index in [1.165, 1.54) is 13.2 Å². The van der Waals surface area contributed by atoms with Gasteiger partial charge in [0, 0.05) is 24.9 Å². The van der Waals surface area contributed by atoms with Crippen LogP contribution < -0.4 is 10.1 Å². The summed E-state index contributed by atoms with van der Waals surface area (Å²) in [4.78, 5) is 24.6. The first-order valence-corrected chi connectivity index (χ1v) is 15.1. The number of ether oxygens (including phenoxy) is 2. The number of carbonyl (C=O) groups excluding carboxylic acids is 2. The number of nitrogens with one attached hydrogen (secondary N) is 1. The Hall–Kier alpha value is -2.88. The first-order chi connectivity index (χ1) is 19.9. The van der Waals surface area contributed by atoms with Crippen molar-refractivity contribution in [3.63, 3.8) is 0 Å².